The third-order valence-electron chi connectivity index (χ3n) is 3.65. The normalized spacial score (nSPS) is 18.1. The summed E-state index contributed by atoms with van der Waals surface area (Å²) in [4.78, 5) is 12.0. The summed E-state index contributed by atoms with van der Waals surface area (Å²) in [5.41, 5.74) is 3.23. The zero-order valence-corrected chi connectivity index (χ0v) is 10.4. The van der Waals surface area contributed by atoms with E-state index in [4.69, 9.17) is 4.74 Å². The molecule has 0 atom stereocenters. The van der Waals surface area contributed by atoms with Crippen molar-refractivity contribution in [1.29, 1.82) is 0 Å². The summed E-state index contributed by atoms with van der Waals surface area (Å²) < 4.78 is 5.40. The van der Waals surface area contributed by atoms with Crippen molar-refractivity contribution in [3.8, 4) is 5.75 Å². The van der Waals surface area contributed by atoms with Crippen molar-refractivity contribution < 1.29 is 9.53 Å². The van der Waals surface area contributed by atoms with E-state index in [1.807, 2.05) is 19.9 Å². The van der Waals surface area contributed by atoms with Crippen LogP contribution in [0.25, 0.3) is 0 Å². The molecular formula is C14H18O2. The third kappa shape index (κ3) is 1.44. The fourth-order valence-electron chi connectivity index (χ4n) is 2.60. The molecule has 0 aromatic heterocycles. The second-order valence-corrected chi connectivity index (χ2v) is 4.99. The molecule has 0 saturated heterocycles. The first-order chi connectivity index (χ1) is 7.48. The van der Waals surface area contributed by atoms with Crippen LogP contribution in [0.4, 0.5) is 0 Å². The molecule has 1 aromatic rings. The average Bonchev–Trinajstić information content (AvgIpc) is 2.24. The molecule has 1 aromatic carbocycles. The first kappa shape index (κ1) is 11.2. The Kier molecular flexibility index (Phi) is 2.53. The van der Waals surface area contributed by atoms with Crippen LogP contribution < -0.4 is 4.74 Å². The summed E-state index contributed by atoms with van der Waals surface area (Å²) in [6, 6.07) is 4.04. The number of rotatable bonds is 1. The van der Waals surface area contributed by atoms with E-state index >= 15 is 0 Å². The number of ether oxygens (including phenoxy) is 1. The maximum Gasteiger partial charge on any atom is 0.143 e. The van der Waals surface area contributed by atoms with Crippen LogP contribution in [-0.4, -0.2) is 12.9 Å². The van der Waals surface area contributed by atoms with E-state index < -0.39 is 5.41 Å². The van der Waals surface area contributed by atoms with Gasteiger partial charge in [0.15, 0.2) is 0 Å². The zero-order valence-electron chi connectivity index (χ0n) is 10.4. The molecule has 0 aliphatic heterocycles. The highest BCUT2D eigenvalue weighted by Crippen LogP contribution is 2.41. The van der Waals surface area contributed by atoms with Crippen molar-refractivity contribution in [2.75, 3.05) is 7.11 Å². The van der Waals surface area contributed by atoms with Gasteiger partial charge in [0.25, 0.3) is 0 Å². The zero-order chi connectivity index (χ0) is 11.9. The van der Waals surface area contributed by atoms with E-state index in [0.29, 0.717) is 12.2 Å². The summed E-state index contributed by atoms with van der Waals surface area (Å²) in [7, 11) is 1.67. The van der Waals surface area contributed by atoms with Crippen LogP contribution in [0.1, 0.15) is 37.0 Å². The molecule has 86 valence electrons. The molecule has 0 unspecified atom stereocenters. The molecule has 0 bridgehead atoms. The smallest absolute Gasteiger partial charge is 0.143 e. The van der Waals surface area contributed by atoms with Crippen molar-refractivity contribution in [3.05, 3.63) is 28.8 Å². The maximum absolute atomic E-state index is 12.0. The Labute approximate surface area is 96.6 Å². The van der Waals surface area contributed by atoms with Crippen molar-refractivity contribution in [2.24, 2.45) is 0 Å². The van der Waals surface area contributed by atoms with Gasteiger partial charge in [-0.05, 0) is 44.4 Å². The predicted octanol–water partition coefficient (Wildman–Crippen LogP) is 2.80. The van der Waals surface area contributed by atoms with Crippen molar-refractivity contribution in [3.63, 3.8) is 0 Å². The highest BCUT2D eigenvalue weighted by Gasteiger charge is 2.38. The monoisotopic (exact) mass is 218 g/mol. The minimum atomic E-state index is -0.412. The standard InChI is InChI=1S/C14H18O2/c1-9-5-7-11(16-4)13-10(9)6-8-12(15)14(13,2)3/h5,7H,6,8H2,1-4H3. The van der Waals surface area contributed by atoms with Crippen LogP contribution in [0.2, 0.25) is 0 Å². The first-order valence-electron chi connectivity index (χ1n) is 5.68. The van der Waals surface area contributed by atoms with E-state index in [-0.39, 0.29) is 0 Å². The lowest BCUT2D eigenvalue weighted by atomic mass is 9.70. The number of Topliss-reactive ketones (excluding diaryl/α,β-unsaturated/α-hetero) is 1. The Morgan fingerprint density at radius 3 is 2.56 bits per heavy atom. The molecule has 1 aliphatic rings. The third-order valence-corrected chi connectivity index (χ3v) is 3.65. The predicted molar refractivity (Wildman–Crippen MR) is 64.1 cm³/mol. The SMILES string of the molecule is COc1ccc(C)c2c1C(C)(C)C(=O)CC2. The summed E-state index contributed by atoms with van der Waals surface area (Å²) >= 11 is 0. The Balaban J connectivity index is 2.72. The molecule has 0 N–H and O–H groups in total. The number of carbonyl (C=O) groups excluding carboxylic acids is 1. The van der Waals surface area contributed by atoms with Crippen molar-refractivity contribution in [1.82, 2.24) is 0 Å². The summed E-state index contributed by atoms with van der Waals surface area (Å²) in [5.74, 6) is 1.16. The van der Waals surface area contributed by atoms with Gasteiger partial charge in [-0.3, -0.25) is 4.79 Å². The largest absolute Gasteiger partial charge is 0.496 e. The van der Waals surface area contributed by atoms with Gasteiger partial charge >= 0.3 is 0 Å². The minimum absolute atomic E-state index is 0.309. The van der Waals surface area contributed by atoms with Gasteiger partial charge in [-0.2, -0.15) is 0 Å². The van der Waals surface area contributed by atoms with E-state index in [1.54, 1.807) is 7.11 Å². The molecule has 0 fully saturated rings. The Morgan fingerprint density at radius 2 is 1.94 bits per heavy atom. The van der Waals surface area contributed by atoms with E-state index in [2.05, 4.69) is 13.0 Å². The number of benzene rings is 1. The number of ketones is 1. The maximum atomic E-state index is 12.0. The van der Waals surface area contributed by atoms with Gasteiger partial charge in [0.05, 0.1) is 12.5 Å². The van der Waals surface area contributed by atoms with E-state index in [9.17, 15) is 4.79 Å². The van der Waals surface area contributed by atoms with Crippen LogP contribution >= 0.6 is 0 Å². The Hall–Kier alpha value is -1.31. The number of carbonyl (C=O) groups is 1. The van der Waals surface area contributed by atoms with Crippen LogP contribution in [0.3, 0.4) is 0 Å². The summed E-state index contributed by atoms with van der Waals surface area (Å²) in [6.07, 6.45) is 1.49. The van der Waals surface area contributed by atoms with Gasteiger partial charge in [0.2, 0.25) is 0 Å². The van der Waals surface area contributed by atoms with Crippen molar-refractivity contribution >= 4 is 5.78 Å². The molecule has 0 radical (unpaired) electrons. The van der Waals surface area contributed by atoms with E-state index in [0.717, 1.165) is 17.7 Å². The Bertz CT molecular complexity index is 444. The fraction of sp³-hybridized carbons (Fsp3) is 0.500. The molecule has 1 aliphatic carbocycles. The molecule has 2 nitrogen and oxygen atoms in total. The highest BCUT2D eigenvalue weighted by molar-refractivity contribution is 5.92. The second kappa shape index (κ2) is 3.62. The van der Waals surface area contributed by atoms with Crippen LogP contribution in [-0.2, 0) is 16.6 Å². The van der Waals surface area contributed by atoms with Crippen molar-refractivity contribution in [2.45, 2.75) is 39.0 Å². The number of aryl methyl sites for hydroxylation is 1. The molecule has 0 saturated carbocycles. The number of hydrogen-bond acceptors (Lipinski definition) is 2. The minimum Gasteiger partial charge on any atom is -0.496 e. The average molecular weight is 218 g/mol. The topological polar surface area (TPSA) is 26.3 Å². The molecule has 16 heavy (non-hydrogen) atoms. The lowest BCUT2D eigenvalue weighted by Crippen LogP contribution is -2.35. The fourth-order valence-corrected chi connectivity index (χ4v) is 2.60. The lowest BCUT2D eigenvalue weighted by Gasteiger charge is -2.33. The number of fused-ring (bicyclic) bond motifs is 1. The molecular weight excluding hydrogens is 200 g/mol. The quantitative estimate of drug-likeness (QED) is 0.724. The molecule has 0 spiro atoms. The summed E-state index contributed by atoms with van der Waals surface area (Å²) in [6.45, 7) is 6.09. The number of hydrogen-bond donors (Lipinski definition) is 0. The lowest BCUT2D eigenvalue weighted by molar-refractivity contribution is -0.124. The molecule has 0 amide bonds. The van der Waals surface area contributed by atoms with Crippen LogP contribution in [0, 0.1) is 6.92 Å². The highest BCUT2D eigenvalue weighted by atomic mass is 16.5. The van der Waals surface area contributed by atoms with Gasteiger partial charge in [0.1, 0.15) is 11.5 Å². The first-order valence-corrected chi connectivity index (χ1v) is 5.68. The van der Waals surface area contributed by atoms with Gasteiger partial charge in [0, 0.05) is 12.0 Å². The second-order valence-electron chi connectivity index (χ2n) is 4.99. The summed E-state index contributed by atoms with van der Waals surface area (Å²) in [5, 5.41) is 0. The van der Waals surface area contributed by atoms with Gasteiger partial charge in [-0.15, -0.1) is 0 Å². The van der Waals surface area contributed by atoms with Gasteiger partial charge < -0.3 is 4.74 Å². The molecule has 2 heteroatoms. The van der Waals surface area contributed by atoms with Gasteiger partial charge in [-0.1, -0.05) is 6.07 Å². The van der Waals surface area contributed by atoms with Crippen LogP contribution in [0.15, 0.2) is 12.1 Å². The molecule has 0 heterocycles. The van der Waals surface area contributed by atoms with Gasteiger partial charge in [-0.25, -0.2) is 0 Å². The molecule has 2 rings (SSSR count). The van der Waals surface area contributed by atoms with Crippen LogP contribution in [0.5, 0.6) is 5.75 Å². The Morgan fingerprint density at radius 1 is 1.25 bits per heavy atom. The van der Waals surface area contributed by atoms with E-state index in [1.165, 1.54) is 11.1 Å². The number of methoxy groups -OCH3 is 1.